The summed E-state index contributed by atoms with van der Waals surface area (Å²) in [6.45, 7) is 6.94. The third-order valence-corrected chi connectivity index (χ3v) is 8.80. The summed E-state index contributed by atoms with van der Waals surface area (Å²) in [4.78, 5) is 28.7. The Morgan fingerprint density at radius 1 is 1.00 bits per heavy atom. The van der Waals surface area contributed by atoms with Gasteiger partial charge in [0, 0.05) is 17.6 Å². The number of nitrogens with zero attached hydrogens (tertiary/aromatic N) is 2. The van der Waals surface area contributed by atoms with Crippen LogP contribution >= 0.6 is 11.6 Å². The molecule has 3 rings (SSSR count). The lowest BCUT2D eigenvalue weighted by Gasteiger charge is -2.33. The summed E-state index contributed by atoms with van der Waals surface area (Å²) in [5.74, 6) is -0.657. The number of carbonyl (C=O) groups is 2. The third-order valence-electron chi connectivity index (χ3n) is 6.79. The van der Waals surface area contributed by atoms with Gasteiger partial charge < -0.3 is 15.0 Å². The molecule has 0 heterocycles. The van der Waals surface area contributed by atoms with Crippen LogP contribution in [-0.2, 0) is 26.2 Å². The van der Waals surface area contributed by atoms with E-state index in [-0.39, 0.29) is 39.8 Å². The Morgan fingerprint density at radius 2 is 1.65 bits per heavy atom. The molecule has 0 saturated heterocycles. The Morgan fingerprint density at radius 3 is 2.27 bits per heavy atom. The van der Waals surface area contributed by atoms with Gasteiger partial charge in [-0.05, 0) is 68.7 Å². The van der Waals surface area contributed by atoms with E-state index in [1.807, 2.05) is 45.0 Å². The number of amides is 2. The van der Waals surface area contributed by atoms with Crippen molar-refractivity contribution in [2.45, 2.75) is 57.6 Å². The number of ether oxygens (including phenoxy) is 1. The number of halogens is 1. The largest absolute Gasteiger partial charge is 0.495 e. The normalized spacial score (nSPS) is 12.8. The fraction of sp³-hybridized carbons (Fsp3) is 0.333. The summed E-state index contributed by atoms with van der Waals surface area (Å²) < 4.78 is 34.3. The number of methoxy groups -OCH3 is 1. The van der Waals surface area contributed by atoms with Crippen LogP contribution in [0.2, 0.25) is 5.02 Å². The number of benzene rings is 3. The van der Waals surface area contributed by atoms with E-state index in [1.165, 1.54) is 30.2 Å². The fourth-order valence-corrected chi connectivity index (χ4v) is 5.71. The van der Waals surface area contributed by atoms with Gasteiger partial charge in [-0.15, -0.1) is 0 Å². The van der Waals surface area contributed by atoms with Crippen LogP contribution in [0.3, 0.4) is 0 Å². The lowest BCUT2D eigenvalue weighted by Crippen LogP contribution is -2.52. The van der Waals surface area contributed by atoms with Gasteiger partial charge in [0.15, 0.2) is 0 Å². The molecule has 8 nitrogen and oxygen atoms in total. The Balaban J connectivity index is 2.09. The first-order valence-electron chi connectivity index (χ1n) is 13.0. The maximum atomic E-state index is 14.1. The van der Waals surface area contributed by atoms with E-state index in [2.05, 4.69) is 5.32 Å². The van der Waals surface area contributed by atoms with E-state index in [1.54, 1.807) is 37.3 Å². The first-order valence-corrected chi connectivity index (χ1v) is 14.9. The molecule has 10 heteroatoms. The van der Waals surface area contributed by atoms with Crippen LogP contribution in [0, 0.1) is 6.92 Å². The molecule has 0 spiro atoms. The monoisotopic (exact) mass is 585 g/mol. The minimum Gasteiger partial charge on any atom is -0.495 e. The van der Waals surface area contributed by atoms with Gasteiger partial charge in [-0.1, -0.05) is 61.0 Å². The summed E-state index contributed by atoms with van der Waals surface area (Å²) in [6.07, 6.45) is 0.724. The van der Waals surface area contributed by atoms with Gasteiger partial charge in [0.1, 0.15) is 18.3 Å². The highest BCUT2D eigenvalue weighted by molar-refractivity contribution is 7.92. The SMILES string of the molecule is CC[C@H](C)NC(=O)[C@H](C)N(Cc1ccccc1C)C(=O)CN(c1cc(Cl)ccc1OC)S(=O)(=O)c1ccccc1. The van der Waals surface area contributed by atoms with Crippen molar-refractivity contribution in [3.8, 4) is 5.75 Å². The van der Waals surface area contributed by atoms with Gasteiger partial charge in [0.2, 0.25) is 11.8 Å². The predicted molar refractivity (Wildman–Crippen MR) is 158 cm³/mol. The average Bonchev–Trinajstić information content (AvgIpc) is 2.95. The summed E-state index contributed by atoms with van der Waals surface area (Å²) in [7, 11) is -2.82. The van der Waals surface area contributed by atoms with E-state index < -0.39 is 28.5 Å². The number of anilines is 1. The minimum absolute atomic E-state index is 0.00200. The quantitative estimate of drug-likeness (QED) is 0.316. The number of nitrogens with one attached hydrogen (secondary N) is 1. The number of hydrogen-bond acceptors (Lipinski definition) is 5. The van der Waals surface area contributed by atoms with Crippen molar-refractivity contribution >= 4 is 39.1 Å². The molecule has 0 unspecified atom stereocenters. The average molecular weight is 586 g/mol. The van der Waals surface area contributed by atoms with Crippen LogP contribution in [0.25, 0.3) is 0 Å². The van der Waals surface area contributed by atoms with Gasteiger partial charge in [-0.3, -0.25) is 13.9 Å². The Kier molecular flexibility index (Phi) is 10.6. The molecule has 2 amide bonds. The van der Waals surface area contributed by atoms with Crippen LogP contribution in [0.1, 0.15) is 38.3 Å². The summed E-state index contributed by atoms with van der Waals surface area (Å²) in [6, 6.07) is 19.0. The maximum Gasteiger partial charge on any atom is 0.264 e. The standard InChI is InChI=1S/C30H36ClN3O5S/c1-6-22(3)32-30(36)23(4)33(19-24-13-11-10-12-21(24)2)29(35)20-34(27-18-25(31)16-17-28(27)39-5)40(37,38)26-14-8-7-9-15-26/h7-18,22-23H,6,19-20H2,1-5H3,(H,32,36)/t22-,23-/m0/s1. The molecule has 0 bridgehead atoms. The minimum atomic E-state index is -4.24. The van der Waals surface area contributed by atoms with Crippen LogP contribution in [0.4, 0.5) is 5.69 Å². The number of aryl methyl sites for hydroxylation is 1. The number of sulfonamides is 1. The van der Waals surface area contributed by atoms with Gasteiger partial charge in [-0.2, -0.15) is 0 Å². The molecule has 3 aromatic rings. The first-order chi connectivity index (χ1) is 19.0. The highest BCUT2D eigenvalue weighted by atomic mass is 35.5. The van der Waals surface area contributed by atoms with Crippen molar-refractivity contribution in [2.75, 3.05) is 18.0 Å². The van der Waals surface area contributed by atoms with Crippen molar-refractivity contribution in [3.05, 3.63) is 88.9 Å². The molecule has 0 radical (unpaired) electrons. The molecule has 0 saturated carbocycles. The molecule has 214 valence electrons. The molecule has 3 aromatic carbocycles. The summed E-state index contributed by atoms with van der Waals surface area (Å²) >= 11 is 6.27. The molecule has 40 heavy (non-hydrogen) atoms. The Bertz CT molecular complexity index is 1430. The number of hydrogen-bond donors (Lipinski definition) is 1. The molecular formula is C30H36ClN3O5S. The lowest BCUT2D eigenvalue weighted by atomic mass is 10.1. The number of carbonyl (C=O) groups excluding carboxylic acids is 2. The molecule has 0 fully saturated rings. The smallest absolute Gasteiger partial charge is 0.264 e. The molecule has 0 aromatic heterocycles. The first kappa shape index (κ1) is 31.0. The van der Waals surface area contributed by atoms with Crippen LogP contribution < -0.4 is 14.4 Å². The van der Waals surface area contributed by atoms with Crippen molar-refractivity contribution in [1.29, 1.82) is 0 Å². The Hall–Kier alpha value is -3.56. The zero-order chi connectivity index (χ0) is 29.4. The fourth-order valence-electron chi connectivity index (χ4n) is 4.11. The van der Waals surface area contributed by atoms with E-state index in [0.717, 1.165) is 21.9 Å². The summed E-state index contributed by atoms with van der Waals surface area (Å²) in [5.41, 5.74) is 1.90. The Labute approximate surface area is 241 Å². The van der Waals surface area contributed by atoms with Crippen LogP contribution in [-0.4, -0.2) is 50.9 Å². The summed E-state index contributed by atoms with van der Waals surface area (Å²) in [5, 5.41) is 3.20. The topological polar surface area (TPSA) is 96.0 Å². The maximum absolute atomic E-state index is 14.1. The third kappa shape index (κ3) is 7.34. The van der Waals surface area contributed by atoms with Crippen molar-refractivity contribution in [2.24, 2.45) is 0 Å². The second-order valence-corrected chi connectivity index (χ2v) is 11.9. The van der Waals surface area contributed by atoms with Crippen LogP contribution in [0.5, 0.6) is 5.75 Å². The van der Waals surface area contributed by atoms with Crippen LogP contribution in [0.15, 0.2) is 77.7 Å². The molecule has 0 aliphatic rings. The highest BCUT2D eigenvalue weighted by Crippen LogP contribution is 2.35. The number of rotatable bonds is 12. The highest BCUT2D eigenvalue weighted by Gasteiger charge is 2.34. The van der Waals surface area contributed by atoms with E-state index in [0.29, 0.717) is 0 Å². The molecule has 2 atom stereocenters. The molecule has 1 N–H and O–H groups in total. The van der Waals surface area contributed by atoms with E-state index in [4.69, 9.17) is 16.3 Å². The second-order valence-electron chi connectivity index (χ2n) is 9.58. The van der Waals surface area contributed by atoms with Gasteiger partial charge in [-0.25, -0.2) is 8.42 Å². The predicted octanol–water partition coefficient (Wildman–Crippen LogP) is 5.18. The second kappa shape index (κ2) is 13.7. The van der Waals surface area contributed by atoms with Crippen molar-refractivity contribution < 1.29 is 22.7 Å². The molecule has 0 aliphatic carbocycles. The van der Waals surface area contributed by atoms with Gasteiger partial charge >= 0.3 is 0 Å². The van der Waals surface area contributed by atoms with E-state index >= 15 is 0 Å². The van der Waals surface area contributed by atoms with Crippen molar-refractivity contribution in [3.63, 3.8) is 0 Å². The lowest BCUT2D eigenvalue weighted by molar-refractivity contribution is -0.139. The zero-order valence-electron chi connectivity index (χ0n) is 23.4. The van der Waals surface area contributed by atoms with Gasteiger partial charge in [0.25, 0.3) is 10.0 Å². The van der Waals surface area contributed by atoms with Gasteiger partial charge in [0.05, 0.1) is 17.7 Å². The zero-order valence-corrected chi connectivity index (χ0v) is 25.0. The molecular weight excluding hydrogens is 550 g/mol. The molecule has 0 aliphatic heterocycles. The van der Waals surface area contributed by atoms with E-state index in [9.17, 15) is 18.0 Å². The van der Waals surface area contributed by atoms with Crippen molar-refractivity contribution in [1.82, 2.24) is 10.2 Å².